The Labute approximate surface area is 73.1 Å². The van der Waals surface area contributed by atoms with Crippen LogP contribution in [-0.2, 0) is 4.79 Å². The molecule has 68 valence electrons. The molecule has 0 radical (unpaired) electrons. The van der Waals surface area contributed by atoms with E-state index in [1.165, 1.54) is 32.4 Å². The van der Waals surface area contributed by atoms with Gasteiger partial charge in [-0.15, -0.1) is 0 Å². The number of fused-ring (bicyclic) bond motifs is 1. The molecule has 0 aliphatic carbocycles. The first-order valence-corrected chi connectivity index (χ1v) is 4.84. The van der Waals surface area contributed by atoms with Crippen LogP contribution in [0.25, 0.3) is 0 Å². The van der Waals surface area contributed by atoms with Gasteiger partial charge in [0.2, 0.25) is 6.41 Å². The highest BCUT2D eigenvalue weighted by Gasteiger charge is 2.31. The second kappa shape index (κ2) is 3.44. The second-order valence-electron chi connectivity index (χ2n) is 3.84. The molecule has 2 aliphatic rings. The van der Waals surface area contributed by atoms with Gasteiger partial charge < -0.3 is 10.2 Å². The van der Waals surface area contributed by atoms with Gasteiger partial charge in [0.05, 0.1) is 0 Å². The van der Waals surface area contributed by atoms with Crippen molar-refractivity contribution in [3.05, 3.63) is 0 Å². The Kier molecular flexibility index (Phi) is 2.30. The molecule has 2 rings (SSSR count). The van der Waals surface area contributed by atoms with Crippen molar-refractivity contribution in [2.75, 3.05) is 13.1 Å². The predicted molar refractivity (Wildman–Crippen MR) is 46.8 cm³/mol. The number of nitrogens with zero attached hydrogens (tertiary/aromatic N) is 1. The van der Waals surface area contributed by atoms with Crippen LogP contribution in [0.5, 0.6) is 0 Å². The first kappa shape index (κ1) is 8.05. The van der Waals surface area contributed by atoms with Crippen molar-refractivity contribution in [2.45, 2.75) is 37.8 Å². The predicted octanol–water partition coefficient (Wildman–Crippen LogP) is 0.359. The number of nitrogens with one attached hydrogen (secondary N) is 1. The molecule has 0 aromatic heterocycles. The quantitative estimate of drug-likeness (QED) is 0.604. The summed E-state index contributed by atoms with van der Waals surface area (Å²) in [5, 5.41) is 2.89. The molecular formula is C9H16N2O. The molecule has 2 atom stereocenters. The zero-order valence-electron chi connectivity index (χ0n) is 7.33. The smallest absolute Gasteiger partial charge is 0.207 e. The Bertz CT molecular complexity index is 172. The molecule has 3 heteroatoms. The van der Waals surface area contributed by atoms with E-state index < -0.39 is 0 Å². The normalized spacial score (nSPS) is 36.0. The molecule has 12 heavy (non-hydrogen) atoms. The van der Waals surface area contributed by atoms with Crippen LogP contribution < -0.4 is 5.32 Å². The zero-order chi connectivity index (χ0) is 8.39. The lowest BCUT2D eigenvalue weighted by Crippen LogP contribution is -2.45. The molecule has 0 spiro atoms. The van der Waals surface area contributed by atoms with Crippen molar-refractivity contribution >= 4 is 6.41 Å². The van der Waals surface area contributed by atoms with E-state index in [9.17, 15) is 4.79 Å². The Balaban J connectivity index is 1.87. The summed E-state index contributed by atoms with van der Waals surface area (Å²) in [6.07, 6.45) is 5.82. The maximum absolute atomic E-state index is 10.2. The van der Waals surface area contributed by atoms with E-state index >= 15 is 0 Å². The number of amides is 1. The zero-order valence-corrected chi connectivity index (χ0v) is 7.33. The SMILES string of the molecule is O=CNC1CCN2CCCC2C1. The fourth-order valence-electron chi connectivity index (χ4n) is 2.47. The molecule has 2 unspecified atom stereocenters. The third-order valence-electron chi connectivity index (χ3n) is 3.12. The number of carbonyl (C=O) groups excluding carboxylic acids is 1. The van der Waals surface area contributed by atoms with Gasteiger partial charge in [0.25, 0.3) is 0 Å². The first-order valence-electron chi connectivity index (χ1n) is 4.84. The maximum atomic E-state index is 10.2. The van der Waals surface area contributed by atoms with Crippen LogP contribution in [0.1, 0.15) is 25.7 Å². The molecule has 3 nitrogen and oxygen atoms in total. The molecule has 1 N–H and O–H groups in total. The number of hydrogen-bond acceptors (Lipinski definition) is 2. The van der Waals surface area contributed by atoms with Crippen LogP contribution in [-0.4, -0.2) is 36.5 Å². The first-order chi connectivity index (χ1) is 5.90. The molecule has 0 bridgehead atoms. The highest BCUT2D eigenvalue weighted by molar-refractivity contribution is 5.46. The van der Waals surface area contributed by atoms with Gasteiger partial charge in [-0.2, -0.15) is 0 Å². The van der Waals surface area contributed by atoms with Crippen LogP contribution in [0.3, 0.4) is 0 Å². The summed E-state index contributed by atoms with van der Waals surface area (Å²) in [6.45, 7) is 2.45. The molecule has 2 aliphatic heterocycles. The number of rotatable bonds is 2. The van der Waals surface area contributed by atoms with E-state index in [0.717, 1.165) is 18.9 Å². The molecule has 0 aromatic rings. The summed E-state index contributed by atoms with van der Waals surface area (Å²) in [4.78, 5) is 12.8. The lowest BCUT2D eigenvalue weighted by molar-refractivity contribution is -0.110. The Morgan fingerprint density at radius 1 is 1.33 bits per heavy atom. The summed E-state index contributed by atoms with van der Waals surface area (Å²) in [6, 6.07) is 1.21. The van der Waals surface area contributed by atoms with Gasteiger partial charge in [-0.1, -0.05) is 0 Å². The molecular weight excluding hydrogens is 152 g/mol. The fraction of sp³-hybridized carbons (Fsp3) is 0.889. The van der Waals surface area contributed by atoms with Gasteiger partial charge in [0.15, 0.2) is 0 Å². The Hall–Kier alpha value is -0.570. The number of carbonyl (C=O) groups is 1. The van der Waals surface area contributed by atoms with Crippen molar-refractivity contribution in [1.29, 1.82) is 0 Å². The van der Waals surface area contributed by atoms with Gasteiger partial charge in [0, 0.05) is 18.6 Å². The van der Waals surface area contributed by atoms with Gasteiger partial charge in [-0.3, -0.25) is 4.79 Å². The average molecular weight is 168 g/mol. The van der Waals surface area contributed by atoms with E-state index in [4.69, 9.17) is 0 Å². The van der Waals surface area contributed by atoms with Gasteiger partial charge in [0.1, 0.15) is 0 Å². The van der Waals surface area contributed by atoms with E-state index in [2.05, 4.69) is 10.2 Å². The van der Waals surface area contributed by atoms with Crippen LogP contribution in [0, 0.1) is 0 Å². The van der Waals surface area contributed by atoms with Gasteiger partial charge in [-0.05, 0) is 32.2 Å². The third kappa shape index (κ3) is 1.46. The van der Waals surface area contributed by atoms with Crippen molar-refractivity contribution in [3.63, 3.8) is 0 Å². The summed E-state index contributed by atoms with van der Waals surface area (Å²) >= 11 is 0. The summed E-state index contributed by atoms with van der Waals surface area (Å²) in [7, 11) is 0. The summed E-state index contributed by atoms with van der Waals surface area (Å²) in [5.41, 5.74) is 0. The molecule has 0 saturated carbocycles. The average Bonchev–Trinajstić information content (AvgIpc) is 2.51. The highest BCUT2D eigenvalue weighted by atomic mass is 16.1. The van der Waals surface area contributed by atoms with Crippen molar-refractivity contribution in [2.24, 2.45) is 0 Å². The molecule has 2 heterocycles. The van der Waals surface area contributed by atoms with Crippen molar-refractivity contribution in [1.82, 2.24) is 10.2 Å². The lowest BCUT2D eigenvalue weighted by atomic mass is 9.98. The van der Waals surface area contributed by atoms with E-state index in [0.29, 0.717) is 6.04 Å². The van der Waals surface area contributed by atoms with E-state index in [1.807, 2.05) is 0 Å². The van der Waals surface area contributed by atoms with E-state index in [-0.39, 0.29) is 0 Å². The Morgan fingerprint density at radius 2 is 2.25 bits per heavy atom. The monoisotopic (exact) mass is 168 g/mol. The van der Waals surface area contributed by atoms with Crippen LogP contribution in [0.2, 0.25) is 0 Å². The number of hydrogen-bond donors (Lipinski definition) is 1. The van der Waals surface area contributed by atoms with Gasteiger partial charge >= 0.3 is 0 Å². The number of piperidine rings is 1. The summed E-state index contributed by atoms with van der Waals surface area (Å²) < 4.78 is 0. The van der Waals surface area contributed by atoms with Crippen LogP contribution in [0.15, 0.2) is 0 Å². The molecule has 1 amide bonds. The maximum Gasteiger partial charge on any atom is 0.207 e. The fourth-order valence-corrected chi connectivity index (χ4v) is 2.47. The van der Waals surface area contributed by atoms with Crippen molar-refractivity contribution < 1.29 is 4.79 Å². The highest BCUT2D eigenvalue weighted by Crippen LogP contribution is 2.26. The largest absolute Gasteiger partial charge is 0.356 e. The molecule has 2 saturated heterocycles. The van der Waals surface area contributed by atoms with Crippen LogP contribution >= 0.6 is 0 Å². The van der Waals surface area contributed by atoms with Gasteiger partial charge in [-0.25, -0.2) is 0 Å². The molecule has 0 aromatic carbocycles. The minimum Gasteiger partial charge on any atom is -0.356 e. The van der Waals surface area contributed by atoms with Crippen LogP contribution in [0.4, 0.5) is 0 Å². The minimum absolute atomic E-state index is 0.446. The topological polar surface area (TPSA) is 32.3 Å². The summed E-state index contributed by atoms with van der Waals surface area (Å²) in [5.74, 6) is 0. The standard InChI is InChI=1S/C9H16N2O/c12-7-10-8-3-5-11-4-1-2-9(11)6-8/h7-9H,1-6H2,(H,10,12). The lowest BCUT2D eigenvalue weighted by Gasteiger charge is -2.34. The third-order valence-corrected chi connectivity index (χ3v) is 3.12. The minimum atomic E-state index is 0.446. The van der Waals surface area contributed by atoms with Crippen molar-refractivity contribution in [3.8, 4) is 0 Å². The van der Waals surface area contributed by atoms with E-state index in [1.54, 1.807) is 0 Å². The molecule has 2 fully saturated rings. The second-order valence-corrected chi connectivity index (χ2v) is 3.84. The Morgan fingerprint density at radius 3 is 3.08 bits per heavy atom.